The summed E-state index contributed by atoms with van der Waals surface area (Å²) in [5.74, 6) is -0.208. The molecule has 5 nitrogen and oxygen atoms in total. The van der Waals surface area contributed by atoms with E-state index in [1.807, 2.05) is 0 Å². The number of rotatable bonds is 5. The Bertz CT molecular complexity index is 702. The van der Waals surface area contributed by atoms with Gasteiger partial charge in [0.25, 0.3) is 0 Å². The number of aliphatic hydroxyl groups excluding tert-OH is 1. The first-order valence-corrected chi connectivity index (χ1v) is 7.14. The summed E-state index contributed by atoms with van der Waals surface area (Å²) in [5, 5.41) is 12.8. The average Bonchev–Trinajstić information content (AvgIpc) is 2.98. The molecule has 0 aliphatic rings. The van der Waals surface area contributed by atoms with Crippen molar-refractivity contribution < 1.29 is 27.2 Å². The highest BCUT2D eigenvalue weighted by Gasteiger charge is 2.39. The molecule has 1 aromatic heterocycles. The van der Waals surface area contributed by atoms with Crippen LogP contribution >= 0.6 is 0 Å². The van der Waals surface area contributed by atoms with Crippen molar-refractivity contribution >= 4 is 0 Å². The van der Waals surface area contributed by atoms with Gasteiger partial charge >= 0.3 is 6.18 Å². The molecule has 0 fully saturated rings. The molecule has 1 heterocycles. The van der Waals surface area contributed by atoms with E-state index in [4.69, 9.17) is 9.63 Å². The zero-order valence-corrected chi connectivity index (χ0v) is 13.3. The van der Waals surface area contributed by atoms with Gasteiger partial charge in [-0.2, -0.15) is 18.2 Å². The number of aliphatic hydroxyl groups is 1. The summed E-state index contributed by atoms with van der Waals surface area (Å²) >= 11 is 0. The highest BCUT2D eigenvalue weighted by Crippen LogP contribution is 2.25. The van der Waals surface area contributed by atoms with Crippen molar-refractivity contribution in [1.29, 1.82) is 0 Å². The van der Waals surface area contributed by atoms with Gasteiger partial charge in [0.15, 0.2) is 6.10 Å². The number of aromatic nitrogens is 2. The fourth-order valence-electron chi connectivity index (χ4n) is 1.98. The normalized spacial score (nSPS) is 14.9. The topological polar surface area (TPSA) is 62.4 Å². The Kier molecular flexibility index (Phi) is 5.24. The number of aryl methyl sites for hydroxylation is 1. The lowest BCUT2D eigenvalue weighted by atomic mass is 10.1. The number of alkyl halides is 3. The SMILES string of the molecule is Cc1ccc(-c2noc(C(C)N(C)CC(O)C(F)(F)F)n2)cc1F. The second-order valence-electron chi connectivity index (χ2n) is 5.59. The average molecular weight is 347 g/mol. The number of hydrogen-bond donors (Lipinski definition) is 1. The smallest absolute Gasteiger partial charge is 0.382 e. The molecule has 0 saturated heterocycles. The number of likely N-dealkylation sites (N-methyl/N-ethyl adjacent to an activating group) is 1. The van der Waals surface area contributed by atoms with Crippen LogP contribution in [0.15, 0.2) is 22.7 Å². The van der Waals surface area contributed by atoms with Crippen molar-refractivity contribution in [2.45, 2.75) is 32.2 Å². The van der Waals surface area contributed by atoms with E-state index in [2.05, 4.69) is 10.1 Å². The summed E-state index contributed by atoms with van der Waals surface area (Å²) in [6.07, 6.45) is -7.17. The minimum atomic E-state index is -4.70. The van der Waals surface area contributed by atoms with E-state index >= 15 is 0 Å². The molecule has 0 aliphatic carbocycles. The summed E-state index contributed by atoms with van der Waals surface area (Å²) in [6.45, 7) is 2.54. The molecule has 132 valence electrons. The Balaban J connectivity index is 2.13. The molecule has 24 heavy (non-hydrogen) atoms. The first-order chi connectivity index (χ1) is 11.1. The van der Waals surface area contributed by atoms with Crippen LogP contribution in [-0.4, -0.2) is 46.0 Å². The summed E-state index contributed by atoms with van der Waals surface area (Å²) < 4.78 is 55.9. The summed E-state index contributed by atoms with van der Waals surface area (Å²) in [7, 11) is 1.40. The number of hydrogen-bond acceptors (Lipinski definition) is 5. The molecular formula is C15H17F4N3O2. The maximum atomic E-state index is 13.6. The Morgan fingerprint density at radius 1 is 1.33 bits per heavy atom. The van der Waals surface area contributed by atoms with E-state index in [0.29, 0.717) is 11.1 Å². The highest BCUT2D eigenvalue weighted by molar-refractivity contribution is 5.54. The van der Waals surface area contributed by atoms with Crippen molar-refractivity contribution in [3.05, 3.63) is 35.5 Å². The van der Waals surface area contributed by atoms with E-state index in [9.17, 15) is 17.6 Å². The zero-order chi connectivity index (χ0) is 18.1. The van der Waals surface area contributed by atoms with E-state index in [0.717, 1.165) is 0 Å². The van der Waals surface area contributed by atoms with Gasteiger partial charge in [-0.15, -0.1) is 0 Å². The van der Waals surface area contributed by atoms with Crippen molar-refractivity contribution in [1.82, 2.24) is 15.0 Å². The number of halogens is 4. The third-order valence-electron chi connectivity index (χ3n) is 3.73. The van der Waals surface area contributed by atoms with Crippen molar-refractivity contribution in [2.24, 2.45) is 0 Å². The Hall–Kier alpha value is -2.00. The minimum Gasteiger partial charge on any atom is -0.382 e. The van der Waals surface area contributed by atoms with E-state index in [1.165, 1.54) is 18.0 Å². The van der Waals surface area contributed by atoms with Crippen LogP contribution in [0.3, 0.4) is 0 Å². The molecule has 0 amide bonds. The lowest BCUT2D eigenvalue weighted by molar-refractivity contribution is -0.208. The van der Waals surface area contributed by atoms with Gasteiger partial charge in [-0.05, 0) is 32.5 Å². The maximum absolute atomic E-state index is 13.6. The first-order valence-electron chi connectivity index (χ1n) is 7.14. The van der Waals surface area contributed by atoms with E-state index in [-0.39, 0.29) is 11.7 Å². The molecule has 0 radical (unpaired) electrons. The highest BCUT2D eigenvalue weighted by atomic mass is 19.4. The van der Waals surface area contributed by atoms with Gasteiger partial charge in [-0.25, -0.2) is 4.39 Å². The van der Waals surface area contributed by atoms with Gasteiger partial charge in [0, 0.05) is 12.1 Å². The van der Waals surface area contributed by atoms with Crippen LogP contribution in [-0.2, 0) is 0 Å². The summed E-state index contributed by atoms with van der Waals surface area (Å²) in [5.41, 5.74) is 0.870. The zero-order valence-electron chi connectivity index (χ0n) is 13.3. The van der Waals surface area contributed by atoms with Gasteiger partial charge in [-0.3, -0.25) is 4.90 Å². The standard InChI is InChI=1S/C15H17F4N3O2/c1-8-4-5-10(6-11(8)16)13-20-14(24-21-13)9(2)22(3)7-12(23)15(17,18)19/h4-6,9,12,23H,7H2,1-3H3. The van der Waals surface area contributed by atoms with Crippen molar-refractivity contribution in [3.8, 4) is 11.4 Å². The van der Waals surface area contributed by atoms with Gasteiger partial charge in [0.05, 0.1) is 6.04 Å². The quantitative estimate of drug-likeness (QED) is 0.842. The Morgan fingerprint density at radius 3 is 2.58 bits per heavy atom. The monoisotopic (exact) mass is 347 g/mol. The molecule has 0 aliphatic heterocycles. The predicted molar refractivity (Wildman–Crippen MR) is 77.5 cm³/mol. The Morgan fingerprint density at radius 2 is 2.00 bits per heavy atom. The van der Waals surface area contributed by atoms with Crippen LogP contribution in [0.2, 0.25) is 0 Å². The molecule has 0 saturated carbocycles. The molecule has 2 atom stereocenters. The molecule has 2 aromatic rings. The van der Waals surface area contributed by atoms with E-state index < -0.39 is 30.7 Å². The second kappa shape index (κ2) is 6.86. The summed E-state index contributed by atoms with van der Waals surface area (Å²) in [6, 6.07) is 3.79. The fraction of sp³-hybridized carbons (Fsp3) is 0.467. The van der Waals surface area contributed by atoms with Gasteiger partial charge in [-0.1, -0.05) is 17.3 Å². The van der Waals surface area contributed by atoms with Crippen LogP contribution in [0.5, 0.6) is 0 Å². The molecule has 0 spiro atoms. The largest absolute Gasteiger partial charge is 0.415 e. The molecular weight excluding hydrogens is 330 g/mol. The second-order valence-corrected chi connectivity index (χ2v) is 5.59. The predicted octanol–water partition coefficient (Wildman–Crippen LogP) is 3.10. The van der Waals surface area contributed by atoms with Crippen LogP contribution in [0, 0.1) is 12.7 Å². The summed E-state index contributed by atoms with van der Waals surface area (Å²) in [4.78, 5) is 5.33. The molecule has 0 bridgehead atoms. The molecule has 1 N–H and O–H groups in total. The molecule has 1 aromatic carbocycles. The minimum absolute atomic E-state index is 0.0721. The third kappa shape index (κ3) is 4.09. The maximum Gasteiger partial charge on any atom is 0.415 e. The fourth-order valence-corrected chi connectivity index (χ4v) is 1.98. The van der Waals surface area contributed by atoms with Crippen molar-refractivity contribution in [3.63, 3.8) is 0 Å². The lowest BCUT2D eigenvalue weighted by Gasteiger charge is -2.25. The third-order valence-corrected chi connectivity index (χ3v) is 3.73. The molecule has 2 unspecified atom stereocenters. The van der Waals surface area contributed by atoms with E-state index in [1.54, 1.807) is 26.0 Å². The van der Waals surface area contributed by atoms with Gasteiger partial charge < -0.3 is 9.63 Å². The van der Waals surface area contributed by atoms with Crippen LogP contribution in [0.25, 0.3) is 11.4 Å². The van der Waals surface area contributed by atoms with Crippen LogP contribution < -0.4 is 0 Å². The van der Waals surface area contributed by atoms with Crippen LogP contribution in [0.4, 0.5) is 17.6 Å². The lowest BCUT2D eigenvalue weighted by Crippen LogP contribution is -2.40. The number of benzene rings is 1. The van der Waals surface area contributed by atoms with Crippen LogP contribution in [0.1, 0.15) is 24.4 Å². The van der Waals surface area contributed by atoms with Gasteiger partial charge in [0.1, 0.15) is 5.82 Å². The number of nitrogens with zero attached hydrogens (tertiary/aromatic N) is 3. The van der Waals surface area contributed by atoms with Gasteiger partial charge in [0.2, 0.25) is 11.7 Å². The molecule has 9 heteroatoms. The van der Waals surface area contributed by atoms with Crippen molar-refractivity contribution in [2.75, 3.05) is 13.6 Å². The Labute approximate surface area is 135 Å². The first kappa shape index (κ1) is 18.3. The molecule has 2 rings (SSSR count).